The fraction of sp³-hybridized carbons (Fsp3) is 0.600. The summed E-state index contributed by atoms with van der Waals surface area (Å²) < 4.78 is 39.1. The Hall–Kier alpha value is -1.07. The second-order valence-corrected chi connectivity index (χ2v) is 5.80. The van der Waals surface area contributed by atoms with Gasteiger partial charge in [0.25, 0.3) is 0 Å². The van der Waals surface area contributed by atoms with E-state index in [2.05, 4.69) is 24.3 Å². The molecule has 0 bridgehead atoms. The largest absolute Gasteiger partial charge is 0.311 e. The Balaban J connectivity index is 1.96. The zero-order valence-electron chi connectivity index (χ0n) is 12.0. The van der Waals surface area contributed by atoms with Crippen LogP contribution in [0.2, 0.25) is 0 Å². The molecule has 0 heterocycles. The van der Waals surface area contributed by atoms with Crippen LogP contribution in [0.1, 0.15) is 31.2 Å². The molecule has 2 nitrogen and oxygen atoms in total. The first-order chi connectivity index (χ1) is 9.44. The average Bonchev–Trinajstić information content (AvgIpc) is 2.86. The summed E-state index contributed by atoms with van der Waals surface area (Å²) in [4.78, 5) is 2.22. The molecule has 1 aliphatic rings. The first-order valence-corrected chi connectivity index (χ1v) is 6.96. The van der Waals surface area contributed by atoms with Crippen LogP contribution >= 0.6 is 0 Å². The molecule has 0 spiro atoms. The average molecular weight is 286 g/mol. The Morgan fingerprint density at radius 3 is 2.15 bits per heavy atom. The van der Waals surface area contributed by atoms with Crippen LogP contribution in [0.3, 0.4) is 0 Å². The number of nitrogens with zero attached hydrogens (tertiary/aromatic N) is 1. The summed E-state index contributed by atoms with van der Waals surface area (Å²) in [6.07, 6.45) is 4.66. The van der Waals surface area contributed by atoms with E-state index in [1.54, 1.807) is 0 Å². The standard InChI is InChI=1S/C15H21F3N2/c1-20(2)15(5-3-4-6-15)10-19-9-11-7-12(16)14(18)13(17)8-11/h7-8,19H,3-6,9-10H2,1-2H3. The number of likely N-dealkylation sites (N-methyl/N-ethyl adjacent to an activating group) is 1. The third kappa shape index (κ3) is 3.15. The minimum absolute atomic E-state index is 0.122. The number of nitrogens with one attached hydrogen (secondary N) is 1. The monoisotopic (exact) mass is 286 g/mol. The van der Waals surface area contributed by atoms with Gasteiger partial charge in [-0.05, 0) is 44.6 Å². The maximum Gasteiger partial charge on any atom is 0.194 e. The van der Waals surface area contributed by atoms with Gasteiger partial charge in [0, 0.05) is 18.6 Å². The second kappa shape index (κ2) is 6.14. The molecule has 1 N–H and O–H groups in total. The molecule has 112 valence electrons. The van der Waals surface area contributed by atoms with Gasteiger partial charge in [-0.25, -0.2) is 13.2 Å². The van der Waals surface area contributed by atoms with Crippen LogP contribution in [0.4, 0.5) is 13.2 Å². The SMILES string of the molecule is CN(C)C1(CNCc2cc(F)c(F)c(F)c2)CCCC1. The molecule has 20 heavy (non-hydrogen) atoms. The van der Waals surface area contributed by atoms with E-state index >= 15 is 0 Å². The van der Waals surface area contributed by atoms with Gasteiger partial charge in [-0.15, -0.1) is 0 Å². The van der Waals surface area contributed by atoms with Crippen LogP contribution in [0.5, 0.6) is 0 Å². The van der Waals surface area contributed by atoms with E-state index in [0.29, 0.717) is 12.1 Å². The molecule has 0 radical (unpaired) electrons. The minimum atomic E-state index is -1.41. The molecular formula is C15H21F3N2. The van der Waals surface area contributed by atoms with Gasteiger partial charge >= 0.3 is 0 Å². The van der Waals surface area contributed by atoms with Crippen LogP contribution in [-0.2, 0) is 6.54 Å². The molecule has 5 heteroatoms. The summed E-state index contributed by atoms with van der Waals surface area (Å²) in [6, 6.07) is 2.09. The van der Waals surface area contributed by atoms with Gasteiger partial charge in [-0.3, -0.25) is 0 Å². The first kappa shape index (κ1) is 15.3. The van der Waals surface area contributed by atoms with Crippen molar-refractivity contribution in [1.82, 2.24) is 10.2 Å². The van der Waals surface area contributed by atoms with Gasteiger partial charge in [0.1, 0.15) is 0 Å². The van der Waals surface area contributed by atoms with Gasteiger partial charge in [-0.1, -0.05) is 12.8 Å². The summed E-state index contributed by atoms with van der Waals surface area (Å²) in [7, 11) is 4.12. The predicted molar refractivity (Wildman–Crippen MR) is 72.9 cm³/mol. The maximum atomic E-state index is 13.1. The van der Waals surface area contributed by atoms with Crippen molar-refractivity contribution >= 4 is 0 Å². The van der Waals surface area contributed by atoms with Gasteiger partial charge in [-0.2, -0.15) is 0 Å². The molecule has 0 aromatic heterocycles. The van der Waals surface area contributed by atoms with E-state index in [-0.39, 0.29) is 5.54 Å². The lowest BCUT2D eigenvalue weighted by molar-refractivity contribution is 0.153. The highest BCUT2D eigenvalue weighted by molar-refractivity contribution is 5.19. The smallest absolute Gasteiger partial charge is 0.194 e. The first-order valence-electron chi connectivity index (χ1n) is 6.96. The topological polar surface area (TPSA) is 15.3 Å². The third-order valence-electron chi connectivity index (χ3n) is 4.31. The van der Waals surface area contributed by atoms with E-state index in [4.69, 9.17) is 0 Å². The number of rotatable bonds is 5. The van der Waals surface area contributed by atoms with E-state index in [1.165, 1.54) is 12.8 Å². The lowest BCUT2D eigenvalue weighted by Crippen LogP contribution is -2.49. The van der Waals surface area contributed by atoms with Crippen LogP contribution in [0, 0.1) is 17.5 Å². The summed E-state index contributed by atoms with van der Waals surface area (Å²) >= 11 is 0. The van der Waals surface area contributed by atoms with Crippen molar-refractivity contribution in [3.63, 3.8) is 0 Å². The molecule has 0 atom stereocenters. The molecule has 0 aliphatic heterocycles. The second-order valence-electron chi connectivity index (χ2n) is 5.80. The van der Waals surface area contributed by atoms with Crippen molar-refractivity contribution in [2.45, 2.75) is 37.8 Å². The summed E-state index contributed by atoms with van der Waals surface area (Å²) in [5.41, 5.74) is 0.546. The molecule has 1 aliphatic carbocycles. The highest BCUT2D eigenvalue weighted by atomic mass is 19.2. The normalized spacial score (nSPS) is 17.9. The van der Waals surface area contributed by atoms with Crippen molar-refractivity contribution in [2.24, 2.45) is 0 Å². The Labute approximate surface area is 118 Å². The maximum absolute atomic E-state index is 13.1. The molecule has 0 saturated heterocycles. The lowest BCUT2D eigenvalue weighted by atomic mass is 9.96. The Morgan fingerprint density at radius 2 is 1.65 bits per heavy atom. The van der Waals surface area contributed by atoms with Gasteiger partial charge in [0.05, 0.1) is 0 Å². The van der Waals surface area contributed by atoms with Crippen LogP contribution in [0.15, 0.2) is 12.1 Å². The van der Waals surface area contributed by atoms with Crippen LogP contribution in [0.25, 0.3) is 0 Å². The number of benzene rings is 1. The quantitative estimate of drug-likeness (QED) is 0.837. The van der Waals surface area contributed by atoms with Crippen molar-refractivity contribution < 1.29 is 13.2 Å². The van der Waals surface area contributed by atoms with Crippen molar-refractivity contribution in [2.75, 3.05) is 20.6 Å². The van der Waals surface area contributed by atoms with E-state index < -0.39 is 17.5 Å². The Morgan fingerprint density at radius 1 is 1.10 bits per heavy atom. The third-order valence-corrected chi connectivity index (χ3v) is 4.31. The zero-order valence-corrected chi connectivity index (χ0v) is 12.0. The lowest BCUT2D eigenvalue weighted by Gasteiger charge is -2.36. The zero-order chi connectivity index (χ0) is 14.8. The number of halogens is 3. The van der Waals surface area contributed by atoms with Gasteiger partial charge in [0.2, 0.25) is 0 Å². The molecule has 0 unspecified atom stereocenters. The van der Waals surface area contributed by atoms with Gasteiger partial charge < -0.3 is 10.2 Å². The summed E-state index contributed by atoms with van der Waals surface area (Å²) in [5, 5.41) is 3.24. The van der Waals surface area contributed by atoms with Crippen molar-refractivity contribution in [1.29, 1.82) is 0 Å². The summed E-state index contributed by atoms with van der Waals surface area (Å²) in [6.45, 7) is 1.10. The fourth-order valence-corrected chi connectivity index (χ4v) is 2.96. The molecule has 0 amide bonds. The molecular weight excluding hydrogens is 265 g/mol. The minimum Gasteiger partial charge on any atom is -0.311 e. The molecule has 1 aromatic rings. The summed E-state index contributed by atoms with van der Waals surface area (Å²) in [5.74, 6) is -3.68. The highest BCUT2D eigenvalue weighted by Gasteiger charge is 2.35. The van der Waals surface area contributed by atoms with Crippen molar-refractivity contribution in [3.8, 4) is 0 Å². The van der Waals surface area contributed by atoms with E-state index in [0.717, 1.165) is 31.5 Å². The molecule has 1 fully saturated rings. The Bertz CT molecular complexity index is 445. The van der Waals surface area contributed by atoms with Crippen molar-refractivity contribution in [3.05, 3.63) is 35.1 Å². The van der Waals surface area contributed by atoms with Gasteiger partial charge in [0.15, 0.2) is 17.5 Å². The fourth-order valence-electron chi connectivity index (χ4n) is 2.96. The molecule has 2 rings (SSSR count). The molecule has 1 aromatic carbocycles. The van der Waals surface area contributed by atoms with Crippen LogP contribution in [-0.4, -0.2) is 31.1 Å². The molecule has 1 saturated carbocycles. The number of hydrogen-bond donors (Lipinski definition) is 1. The highest BCUT2D eigenvalue weighted by Crippen LogP contribution is 2.33. The number of hydrogen-bond acceptors (Lipinski definition) is 2. The predicted octanol–water partition coefficient (Wildman–Crippen LogP) is 3.07. The van der Waals surface area contributed by atoms with E-state index in [1.807, 2.05) is 0 Å². The Kier molecular flexibility index (Phi) is 4.70. The van der Waals surface area contributed by atoms with Crippen LogP contribution < -0.4 is 5.32 Å². The van der Waals surface area contributed by atoms with E-state index in [9.17, 15) is 13.2 Å².